The highest BCUT2D eigenvalue weighted by molar-refractivity contribution is 5.65. The van der Waals surface area contributed by atoms with Crippen LogP contribution in [0.3, 0.4) is 0 Å². The van der Waals surface area contributed by atoms with Crippen molar-refractivity contribution < 1.29 is 14.3 Å². The van der Waals surface area contributed by atoms with Crippen LogP contribution in [-0.2, 0) is 4.79 Å². The van der Waals surface area contributed by atoms with Gasteiger partial charge in [-0.05, 0) is 24.5 Å². The van der Waals surface area contributed by atoms with Gasteiger partial charge in [-0.25, -0.2) is 0 Å². The minimum atomic E-state index is -1.03. The molecule has 0 aliphatic heterocycles. The van der Waals surface area contributed by atoms with Gasteiger partial charge in [0.2, 0.25) is 0 Å². The molecule has 0 aliphatic carbocycles. The largest absolute Gasteiger partial charge is 0.550 e. The Morgan fingerprint density at radius 3 is 2.69 bits per heavy atom. The lowest BCUT2D eigenvalue weighted by Gasteiger charge is -2.18. The van der Waals surface area contributed by atoms with Crippen molar-refractivity contribution in [2.75, 3.05) is 0 Å². The van der Waals surface area contributed by atoms with Crippen molar-refractivity contribution in [3.05, 3.63) is 24.2 Å². The molecule has 1 aromatic rings. The first-order chi connectivity index (χ1) is 6.11. The molecule has 3 nitrogen and oxygen atoms in total. The van der Waals surface area contributed by atoms with E-state index in [1.807, 2.05) is 13.8 Å². The second kappa shape index (κ2) is 4.12. The summed E-state index contributed by atoms with van der Waals surface area (Å²) < 4.78 is 5.17. The van der Waals surface area contributed by atoms with E-state index >= 15 is 0 Å². The predicted octanol–water partition coefficient (Wildman–Crippen LogP) is 1.16. The van der Waals surface area contributed by atoms with Gasteiger partial charge in [0, 0.05) is 11.9 Å². The van der Waals surface area contributed by atoms with Gasteiger partial charge in [0.1, 0.15) is 5.76 Å². The van der Waals surface area contributed by atoms with E-state index in [4.69, 9.17) is 4.42 Å². The Bertz CT molecular complexity index is 262. The molecule has 0 unspecified atom stereocenters. The van der Waals surface area contributed by atoms with Crippen LogP contribution >= 0.6 is 0 Å². The van der Waals surface area contributed by atoms with Crippen LogP contribution in [0.5, 0.6) is 0 Å². The van der Waals surface area contributed by atoms with Gasteiger partial charge < -0.3 is 14.3 Å². The van der Waals surface area contributed by atoms with Crippen molar-refractivity contribution in [1.82, 2.24) is 0 Å². The Morgan fingerprint density at radius 1 is 1.62 bits per heavy atom. The SMILES string of the molecule is CC(C)[C@@H](CC(=O)[O-])c1ccco1. The standard InChI is InChI=1S/C10H14O3/c1-7(2)8(6-10(11)12)9-4-3-5-13-9/h3-5,7-8H,6H2,1-2H3,(H,11,12)/p-1/t8-/m1/s1. The van der Waals surface area contributed by atoms with Crippen LogP contribution in [0.4, 0.5) is 0 Å². The molecule has 0 amide bonds. The number of carboxylic acid groups (broad SMARTS) is 1. The summed E-state index contributed by atoms with van der Waals surface area (Å²) in [5.74, 6) is -0.154. The Hall–Kier alpha value is -1.25. The summed E-state index contributed by atoms with van der Waals surface area (Å²) in [6.07, 6.45) is 1.57. The zero-order valence-corrected chi connectivity index (χ0v) is 7.82. The van der Waals surface area contributed by atoms with Gasteiger partial charge in [0.15, 0.2) is 0 Å². The molecule has 0 saturated heterocycles. The zero-order chi connectivity index (χ0) is 9.84. The van der Waals surface area contributed by atoms with Gasteiger partial charge in [-0.2, -0.15) is 0 Å². The number of rotatable bonds is 4. The molecular formula is C10H13O3-. The van der Waals surface area contributed by atoms with Crippen LogP contribution < -0.4 is 5.11 Å². The summed E-state index contributed by atoms with van der Waals surface area (Å²) in [6, 6.07) is 3.56. The van der Waals surface area contributed by atoms with Crippen molar-refractivity contribution in [2.24, 2.45) is 5.92 Å². The van der Waals surface area contributed by atoms with E-state index < -0.39 is 5.97 Å². The highest BCUT2D eigenvalue weighted by Crippen LogP contribution is 2.27. The Labute approximate surface area is 77.4 Å². The number of aliphatic carboxylic acids is 1. The van der Waals surface area contributed by atoms with Crippen LogP contribution in [0.1, 0.15) is 31.9 Å². The quantitative estimate of drug-likeness (QED) is 0.700. The third-order valence-corrected chi connectivity index (χ3v) is 2.10. The third-order valence-electron chi connectivity index (χ3n) is 2.10. The molecule has 1 atom stereocenters. The van der Waals surface area contributed by atoms with Gasteiger partial charge in [-0.15, -0.1) is 0 Å². The number of carbonyl (C=O) groups excluding carboxylic acids is 1. The lowest BCUT2D eigenvalue weighted by molar-refractivity contribution is -0.306. The number of hydrogen-bond donors (Lipinski definition) is 0. The lowest BCUT2D eigenvalue weighted by atomic mass is 9.90. The van der Waals surface area contributed by atoms with Crippen molar-refractivity contribution in [3.8, 4) is 0 Å². The zero-order valence-electron chi connectivity index (χ0n) is 7.82. The molecule has 1 heterocycles. The molecule has 0 saturated carbocycles. The van der Waals surface area contributed by atoms with Gasteiger partial charge in [-0.1, -0.05) is 13.8 Å². The first-order valence-electron chi connectivity index (χ1n) is 4.34. The molecule has 0 spiro atoms. The topological polar surface area (TPSA) is 53.3 Å². The first-order valence-corrected chi connectivity index (χ1v) is 4.34. The van der Waals surface area contributed by atoms with Crippen LogP contribution in [-0.4, -0.2) is 5.97 Å². The van der Waals surface area contributed by atoms with E-state index in [0.717, 1.165) is 5.76 Å². The Balaban J connectivity index is 2.74. The smallest absolute Gasteiger partial charge is 0.107 e. The summed E-state index contributed by atoms with van der Waals surface area (Å²) in [4.78, 5) is 10.5. The highest BCUT2D eigenvalue weighted by Gasteiger charge is 2.18. The maximum absolute atomic E-state index is 10.5. The minimum Gasteiger partial charge on any atom is -0.550 e. The second-order valence-electron chi connectivity index (χ2n) is 3.44. The van der Waals surface area contributed by atoms with Gasteiger partial charge >= 0.3 is 0 Å². The fourth-order valence-electron chi connectivity index (χ4n) is 1.35. The summed E-state index contributed by atoms with van der Waals surface area (Å²) in [5, 5.41) is 10.5. The number of furan rings is 1. The van der Waals surface area contributed by atoms with Crippen molar-refractivity contribution in [3.63, 3.8) is 0 Å². The van der Waals surface area contributed by atoms with E-state index in [1.165, 1.54) is 0 Å². The molecule has 0 bridgehead atoms. The van der Waals surface area contributed by atoms with E-state index in [0.29, 0.717) is 0 Å². The van der Waals surface area contributed by atoms with Crippen molar-refractivity contribution in [2.45, 2.75) is 26.2 Å². The Kier molecular flexibility index (Phi) is 3.12. The molecular weight excluding hydrogens is 168 g/mol. The molecule has 3 heteroatoms. The third kappa shape index (κ3) is 2.61. The molecule has 1 rings (SSSR count). The van der Waals surface area contributed by atoms with Gasteiger partial charge in [0.05, 0.1) is 6.26 Å². The maximum atomic E-state index is 10.5. The van der Waals surface area contributed by atoms with Crippen LogP contribution in [0.2, 0.25) is 0 Å². The molecule has 1 aromatic heterocycles. The fourth-order valence-corrected chi connectivity index (χ4v) is 1.35. The minimum absolute atomic E-state index is 0.0190. The summed E-state index contributed by atoms with van der Waals surface area (Å²) in [6.45, 7) is 3.94. The van der Waals surface area contributed by atoms with Gasteiger partial charge in [-0.3, -0.25) is 0 Å². The predicted molar refractivity (Wildman–Crippen MR) is 45.9 cm³/mol. The van der Waals surface area contributed by atoms with Crippen molar-refractivity contribution >= 4 is 5.97 Å². The first kappa shape index (κ1) is 9.84. The van der Waals surface area contributed by atoms with Crippen molar-refractivity contribution in [1.29, 1.82) is 0 Å². The number of hydrogen-bond acceptors (Lipinski definition) is 3. The monoisotopic (exact) mass is 181 g/mol. The molecule has 0 N–H and O–H groups in total. The van der Waals surface area contributed by atoms with E-state index in [2.05, 4.69) is 0 Å². The highest BCUT2D eigenvalue weighted by atomic mass is 16.4. The number of carbonyl (C=O) groups is 1. The second-order valence-corrected chi connectivity index (χ2v) is 3.44. The normalized spacial score (nSPS) is 13.2. The maximum Gasteiger partial charge on any atom is 0.107 e. The summed E-state index contributed by atoms with van der Waals surface area (Å²) in [7, 11) is 0. The van der Waals surface area contributed by atoms with Crippen LogP contribution in [0, 0.1) is 5.92 Å². The Morgan fingerprint density at radius 2 is 2.31 bits per heavy atom. The van der Waals surface area contributed by atoms with Gasteiger partial charge in [0.25, 0.3) is 0 Å². The average Bonchev–Trinajstić information content (AvgIpc) is 2.50. The van der Waals surface area contributed by atoms with E-state index in [9.17, 15) is 9.90 Å². The molecule has 0 fully saturated rings. The van der Waals surface area contributed by atoms with E-state index in [-0.39, 0.29) is 18.3 Å². The fraction of sp³-hybridized carbons (Fsp3) is 0.500. The molecule has 0 aromatic carbocycles. The molecule has 0 radical (unpaired) electrons. The van der Waals surface area contributed by atoms with Crippen LogP contribution in [0.25, 0.3) is 0 Å². The lowest BCUT2D eigenvalue weighted by Crippen LogP contribution is -2.26. The summed E-state index contributed by atoms with van der Waals surface area (Å²) >= 11 is 0. The average molecular weight is 181 g/mol. The number of carboxylic acids is 1. The molecule has 13 heavy (non-hydrogen) atoms. The van der Waals surface area contributed by atoms with Crippen LogP contribution in [0.15, 0.2) is 22.8 Å². The van der Waals surface area contributed by atoms with E-state index in [1.54, 1.807) is 18.4 Å². The summed E-state index contributed by atoms with van der Waals surface area (Å²) in [5.41, 5.74) is 0. The molecule has 0 aliphatic rings. The molecule has 72 valence electrons.